The summed E-state index contributed by atoms with van der Waals surface area (Å²) in [5.41, 5.74) is 1.82. The van der Waals surface area contributed by atoms with Gasteiger partial charge in [-0.3, -0.25) is 4.79 Å². The number of aryl methyl sites for hydroxylation is 1. The normalized spacial score (nSPS) is 17.7. The van der Waals surface area contributed by atoms with Gasteiger partial charge in [-0.15, -0.1) is 0 Å². The molecule has 2 rings (SSSR count). The quantitative estimate of drug-likeness (QED) is 0.816. The molecule has 0 N–H and O–H groups in total. The molecule has 0 aromatic heterocycles. The summed E-state index contributed by atoms with van der Waals surface area (Å²) >= 11 is 0. The molecule has 1 fully saturated rings. The maximum Gasteiger partial charge on any atom is 0.410 e. The lowest BCUT2D eigenvalue weighted by Crippen LogP contribution is -2.47. The second-order valence-corrected chi connectivity index (χ2v) is 8.10. The van der Waals surface area contributed by atoms with Gasteiger partial charge in [-0.1, -0.05) is 29.8 Å². The van der Waals surface area contributed by atoms with E-state index in [9.17, 15) is 9.59 Å². The third-order valence-corrected chi connectivity index (χ3v) is 4.61. The first-order chi connectivity index (χ1) is 12.2. The van der Waals surface area contributed by atoms with Crippen molar-refractivity contribution < 1.29 is 14.3 Å². The number of hydrogen-bond donors (Lipinski definition) is 0. The van der Waals surface area contributed by atoms with Crippen molar-refractivity contribution in [3.8, 4) is 0 Å². The molecular formula is C21H32N2O3. The number of likely N-dealkylation sites (tertiary alicyclic amines) is 1. The van der Waals surface area contributed by atoms with Crippen molar-refractivity contribution in [3.05, 3.63) is 35.4 Å². The van der Waals surface area contributed by atoms with Crippen molar-refractivity contribution in [2.75, 3.05) is 19.6 Å². The van der Waals surface area contributed by atoms with E-state index < -0.39 is 5.60 Å². The minimum Gasteiger partial charge on any atom is -0.444 e. The van der Waals surface area contributed by atoms with Crippen LogP contribution < -0.4 is 0 Å². The first kappa shape index (κ1) is 20.3. The second kappa shape index (κ2) is 8.56. The van der Waals surface area contributed by atoms with Crippen LogP contribution in [0.15, 0.2) is 24.3 Å². The van der Waals surface area contributed by atoms with Crippen LogP contribution in [0.3, 0.4) is 0 Å². The van der Waals surface area contributed by atoms with Crippen molar-refractivity contribution in [2.24, 2.45) is 5.92 Å². The van der Waals surface area contributed by atoms with Crippen LogP contribution in [0.25, 0.3) is 0 Å². The molecule has 0 radical (unpaired) electrons. The lowest BCUT2D eigenvalue weighted by atomic mass is 9.96. The molecule has 1 heterocycles. The zero-order valence-electron chi connectivity index (χ0n) is 16.7. The molecule has 1 aliphatic rings. The molecule has 2 amide bonds. The molecule has 1 saturated heterocycles. The highest BCUT2D eigenvalue weighted by Crippen LogP contribution is 2.22. The number of carbonyl (C=O) groups is 2. The Kier molecular flexibility index (Phi) is 6.68. The highest BCUT2D eigenvalue weighted by molar-refractivity contribution is 5.80. The van der Waals surface area contributed by atoms with Gasteiger partial charge in [0.1, 0.15) is 5.60 Å². The summed E-state index contributed by atoms with van der Waals surface area (Å²) in [5, 5.41) is 0. The molecule has 0 saturated carbocycles. The summed E-state index contributed by atoms with van der Waals surface area (Å²) in [6.07, 6.45) is 1.33. The molecule has 0 unspecified atom stereocenters. The Balaban J connectivity index is 1.99. The van der Waals surface area contributed by atoms with Gasteiger partial charge in [-0.25, -0.2) is 4.79 Å². The number of carbonyl (C=O) groups excluding carboxylic acids is 2. The average Bonchev–Trinajstić information content (AvgIpc) is 2.59. The smallest absolute Gasteiger partial charge is 0.410 e. The molecule has 1 atom stereocenters. The van der Waals surface area contributed by atoms with E-state index in [1.807, 2.05) is 32.6 Å². The summed E-state index contributed by atoms with van der Waals surface area (Å²) in [5.74, 6) is -0.0250. The predicted octanol–water partition coefficient (Wildman–Crippen LogP) is 3.99. The Hall–Kier alpha value is -2.04. The number of hydrogen-bond acceptors (Lipinski definition) is 3. The molecule has 0 bridgehead atoms. The third-order valence-electron chi connectivity index (χ3n) is 4.61. The average molecular weight is 360 g/mol. The van der Waals surface area contributed by atoms with E-state index in [1.54, 1.807) is 4.90 Å². The van der Waals surface area contributed by atoms with Gasteiger partial charge in [-0.2, -0.15) is 0 Å². The molecule has 26 heavy (non-hydrogen) atoms. The van der Waals surface area contributed by atoms with Crippen LogP contribution in [0.5, 0.6) is 0 Å². The largest absolute Gasteiger partial charge is 0.444 e. The molecule has 5 heteroatoms. The van der Waals surface area contributed by atoms with Crippen LogP contribution in [-0.2, 0) is 16.1 Å². The van der Waals surface area contributed by atoms with Gasteiger partial charge in [0.15, 0.2) is 0 Å². The zero-order chi connectivity index (χ0) is 19.3. The van der Waals surface area contributed by atoms with Crippen molar-refractivity contribution in [2.45, 2.75) is 59.6 Å². The minimum absolute atomic E-state index is 0.126. The van der Waals surface area contributed by atoms with E-state index in [2.05, 4.69) is 31.2 Å². The van der Waals surface area contributed by atoms with E-state index in [0.29, 0.717) is 26.2 Å². The van der Waals surface area contributed by atoms with E-state index in [0.717, 1.165) is 18.4 Å². The van der Waals surface area contributed by atoms with Crippen molar-refractivity contribution in [1.29, 1.82) is 0 Å². The monoisotopic (exact) mass is 360 g/mol. The molecule has 0 aliphatic carbocycles. The Morgan fingerprint density at radius 2 is 1.88 bits per heavy atom. The van der Waals surface area contributed by atoms with Gasteiger partial charge >= 0.3 is 6.09 Å². The number of rotatable bonds is 4. The molecule has 5 nitrogen and oxygen atoms in total. The van der Waals surface area contributed by atoms with Crippen LogP contribution in [0, 0.1) is 12.8 Å². The van der Waals surface area contributed by atoms with E-state index in [1.165, 1.54) is 5.56 Å². The summed E-state index contributed by atoms with van der Waals surface area (Å²) < 4.78 is 5.46. The molecular weight excluding hydrogens is 328 g/mol. The van der Waals surface area contributed by atoms with Gasteiger partial charge in [0.05, 0.1) is 5.92 Å². The number of piperidine rings is 1. The molecule has 1 aliphatic heterocycles. The SMILES string of the molecule is CCN(Cc1ccc(C)cc1)C(=O)[C@@H]1CCCN(C(=O)OC(C)(C)C)C1. The third kappa shape index (κ3) is 5.75. The van der Waals surface area contributed by atoms with Gasteiger partial charge in [0.25, 0.3) is 0 Å². The first-order valence-electron chi connectivity index (χ1n) is 9.52. The Bertz CT molecular complexity index is 619. The Morgan fingerprint density at radius 1 is 1.23 bits per heavy atom. The van der Waals surface area contributed by atoms with Crippen LogP contribution in [0.2, 0.25) is 0 Å². The first-order valence-corrected chi connectivity index (χ1v) is 9.52. The van der Waals surface area contributed by atoms with Crippen molar-refractivity contribution >= 4 is 12.0 Å². The highest BCUT2D eigenvalue weighted by Gasteiger charge is 2.32. The van der Waals surface area contributed by atoms with Crippen molar-refractivity contribution in [1.82, 2.24) is 9.80 Å². The lowest BCUT2D eigenvalue weighted by molar-refractivity contribution is -0.137. The fourth-order valence-electron chi connectivity index (χ4n) is 3.19. The predicted molar refractivity (Wildman–Crippen MR) is 103 cm³/mol. The molecule has 1 aromatic carbocycles. The second-order valence-electron chi connectivity index (χ2n) is 8.10. The summed E-state index contributed by atoms with van der Waals surface area (Å²) in [6, 6.07) is 8.27. The van der Waals surface area contributed by atoms with Crippen molar-refractivity contribution in [3.63, 3.8) is 0 Å². The summed E-state index contributed by atoms with van der Waals surface area (Å²) in [7, 11) is 0. The molecule has 0 spiro atoms. The number of ether oxygens (including phenoxy) is 1. The van der Waals surface area contributed by atoms with Gasteiger partial charge in [0.2, 0.25) is 5.91 Å². The number of benzene rings is 1. The lowest BCUT2D eigenvalue weighted by Gasteiger charge is -2.35. The van der Waals surface area contributed by atoms with Crippen LogP contribution in [0.4, 0.5) is 4.79 Å². The Labute approximate surface area is 157 Å². The fourth-order valence-corrected chi connectivity index (χ4v) is 3.19. The summed E-state index contributed by atoms with van der Waals surface area (Å²) in [6.45, 7) is 12.0. The minimum atomic E-state index is -0.519. The zero-order valence-corrected chi connectivity index (χ0v) is 16.7. The van der Waals surface area contributed by atoms with Gasteiger partial charge < -0.3 is 14.5 Å². The Morgan fingerprint density at radius 3 is 2.46 bits per heavy atom. The summed E-state index contributed by atoms with van der Waals surface area (Å²) in [4.78, 5) is 28.9. The van der Waals surface area contributed by atoms with Crippen LogP contribution in [0.1, 0.15) is 51.7 Å². The number of amides is 2. The highest BCUT2D eigenvalue weighted by atomic mass is 16.6. The van der Waals surface area contributed by atoms with Gasteiger partial charge in [0, 0.05) is 26.2 Å². The fraction of sp³-hybridized carbons (Fsp3) is 0.619. The standard InChI is InChI=1S/C21H32N2O3/c1-6-22(14-17-11-9-16(2)10-12-17)19(24)18-8-7-13-23(15-18)20(25)26-21(3,4)5/h9-12,18H,6-8,13-15H2,1-5H3/t18-/m1/s1. The van der Waals surface area contributed by atoms with E-state index in [4.69, 9.17) is 4.74 Å². The van der Waals surface area contributed by atoms with Crippen LogP contribution >= 0.6 is 0 Å². The van der Waals surface area contributed by atoms with Crippen LogP contribution in [-0.4, -0.2) is 47.0 Å². The van der Waals surface area contributed by atoms with E-state index in [-0.39, 0.29) is 17.9 Å². The van der Waals surface area contributed by atoms with Gasteiger partial charge in [-0.05, 0) is 53.0 Å². The maximum absolute atomic E-state index is 13.0. The molecule has 144 valence electrons. The number of nitrogens with zero attached hydrogens (tertiary/aromatic N) is 2. The van der Waals surface area contributed by atoms with E-state index >= 15 is 0 Å². The molecule has 1 aromatic rings. The topological polar surface area (TPSA) is 49.9 Å². The maximum atomic E-state index is 13.0.